The molecule has 108 valence electrons. The monoisotopic (exact) mass is 293 g/mol. The lowest BCUT2D eigenvalue weighted by Crippen LogP contribution is -2.37. The molecule has 2 rings (SSSR count). The molecule has 0 spiro atoms. The van der Waals surface area contributed by atoms with Gasteiger partial charge in [0.05, 0.1) is 18.1 Å². The number of carbonyl (C=O) groups is 2. The summed E-state index contributed by atoms with van der Waals surface area (Å²) in [5, 5.41) is 0. The number of thioether (sulfide) groups is 1. The number of ether oxygens (including phenoxy) is 1. The van der Waals surface area contributed by atoms with Crippen molar-refractivity contribution in [3.8, 4) is 0 Å². The molecule has 0 unspecified atom stereocenters. The zero-order valence-electron chi connectivity index (χ0n) is 11.8. The fourth-order valence-corrected chi connectivity index (χ4v) is 3.11. The number of hydrogen-bond acceptors (Lipinski definition) is 4. The molecule has 0 saturated heterocycles. The van der Waals surface area contributed by atoms with E-state index in [9.17, 15) is 9.59 Å². The molecule has 0 saturated carbocycles. The average molecular weight is 293 g/mol. The van der Waals surface area contributed by atoms with Crippen molar-refractivity contribution in [1.82, 2.24) is 0 Å². The minimum absolute atomic E-state index is 0.0525. The van der Waals surface area contributed by atoms with E-state index in [4.69, 9.17) is 4.74 Å². The summed E-state index contributed by atoms with van der Waals surface area (Å²) in [4.78, 5) is 25.4. The highest BCUT2D eigenvalue weighted by Crippen LogP contribution is 2.32. The molecular formula is C15H19NO3S. The summed E-state index contributed by atoms with van der Waals surface area (Å²) in [6, 6.07) is 8.17. The Bertz CT molecular complexity index is 504. The van der Waals surface area contributed by atoms with Crippen molar-refractivity contribution in [1.29, 1.82) is 0 Å². The van der Waals surface area contributed by atoms with Gasteiger partial charge in [-0.3, -0.25) is 9.59 Å². The van der Waals surface area contributed by atoms with Gasteiger partial charge < -0.3 is 9.64 Å². The predicted octanol–water partition coefficient (Wildman–Crippen LogP) is 2.26. The molecule has 20 heavy (non-hydrogen) atoms. The van der Waals surface area contributed by atoms with Crippen molar-refractivity contribution in [3.05, 3.63) is 29.8 Å². The van der Waals surface area contributed by atoms with Gasteiger partial charge >= 0.3 is 5.97 Å². The molecule has 5 heteroatoms. The maximum atomic E-state index is 12.3. The minimum Gasteiger partial charge on any atom is -0.465 e. The van der Waals surface area contributed by atoms with Crippen LogP contribution in [0.4, 0.5) is 5.69 Å². The fraction of sp³-hybridized carbons (Fsp3) is 0.467. The lowest BCUT2D eigenvalue weighted by atomic mass is 10.1. The number of rotatable bonds is 5. The van der Waals surface area contributed by atoms with Crippen LogP contribution in [0, 0.1) is 0 Å². The van der Waals surface area contributed by atoms with Crippen molar-refractivity contribution in [3.63, 3.8) is 0 Å². The first-order valence-corrected chi connectivity index (χ1v) is 7.92. The quantitative estimate of drug-likeness (QED) is 0.781. The van der Waals surface area contributed by atoms with E-state index in [1.807, 2.05) is 30.0 Å². The Morgan fingerprint density at radius 1 is 1.35 bits per heavy atom. The van der Waals surface area contributed by atoms with E-state index in [2.05, 4.69) is 6.07 Å². The summed E-state index contributed by atoms with van der Waals surface area (Å²) in [7, 11) is 0. The van der Waals surface area contributed by atoms with Crippen LogP contribution in [-0.4, -0.2) is 36.0 Å². The molecule has 1 aliphatic heterocycles. The zero-order chi connectivity index (χ0) is 14.5. The molecule has 0 bridgehead atoms. The lowest BCUT2D eigenvalue weighted by Gasteiger charge is -2.22. The molecule has 1 aromatic rings. The van der Waals surface area contributed by atoms with E-state index in [0.29, 0.717) is 12.4 Å². The van der Waals surface area contributed by atoms with Crippen LogP contribution in [0.25, 0.3) is 0 Å². The normalized spacial score (nSPS) is 16.9. The van der Waals surface area contributed by atoms with Crippen LogP contribution in [0.5, 0.6) is 0 Å². The number of nitrogens with zero attached hydrogens (tertiary/aromatic N) is 1. The molecule has 0 fully saturated rings. The van der Waals surface area contributed by atoms with Crippen molar-refractivity contribution in [2.75, 3.05) is 23.0 Å². The smallest absolute Gasteiger partial charge is 0.315 e. The third-order valence-electron chi connectivity index (χ3n) is 3.23. The number of para-hydroxylation sites is 1. The molecule has 1 atom stereocenters. The van der Waals surface area contributed by atoms with E-state index in [0.717, 1.165) is 12.1 Å². The maximum absolute atomic E-state index is 12.3. The summed E-state index contributed by atoms with van der Waals surface area (Å²) < 4.78 is 4.84. The van der Waals surface area contributed by atoms with E-state index >= 15 is 0 Å². The number of amides is 1. The van der Waals surface area contributed by atoms with Crippen LogP contribution in [0.1, 0.15) is 19.4 Å². The van der Waals surface area contributed by atoms with E-state index < -0.39 is 0 Å². The highest BCUT2D eigenvalue weighted by Gasteiger charge is 2.30. The second-order valence-electron chi connectivity index (χ2n) is 4.74. The second kappa shape index (κ2) is 6.79. The Hall–Kier alpha value is -1.49. The van der Waals surface area contributed by atoms with Crippen molar-refractivity contribution < 1.29 is 14.3 Å². The van der Waals surface area contributed by atoms with Crippen LogP contribution in [-0.2, 0) is 20.7 Å². The topological polar surface area (TPSA) is 46.6 Å². The Balaban J connectivity index is 1.91. The Morgan fingerprint density at radius 2 is 2.10 bits per heavy atom. The number of benzene rings is 1. The van der Waals surface area contributed by atoms with E-state index in [-0.39, 0.29) is 23.7 Å². The fourth-order valence-electron chi connectivity index (χ4n) is 2.44. The highest BCUT2D eigenvalue weighted by molar-refractivity contribution is 8.00. The van der Waals surface area contributed by atoms with Crippen LogP contribution in [0.3, 0.4) is 0 Å². The number of fused-ring (bicyclic) bond motifs is 1. The van der Waals surface area contributed by atoms with E-state index in [1.54, 1.807) is 6.92 Å². The van der Waals surface area contributed by atoms with Crippen LogP contribution >= 0.6 is 11.8 Å². The van der Waals surface area contributed by atoms with Crippen LogP contribution < -0.4 is 4.90 Å². The van der Waals surface area contributed by atoms with Gasteiger partial charge in [-0.1, -0.05) is 18.2 Å². The summed E-state index contributed by atoms with van der Waals surface area (Å²) in [5.74, 6) is 0.318. The molecule has 4 nitrogen and oxygen atoms in total. The Morgan fingerprint density at radius 3 is 2.85 bits per heavy atom. The first kappa shape index (κ1) is 14.9. The zero-order valence-corrected chi connectivity index (χ0v) is 12.6. The standard InChI is InChI=1S/C15H19NO3S/c1-3-19-15(18)10-20-9-14(17)16-11(2)8-12-6-4-5-7-13(12)16/h4-7,11H,3,8-10H2,1-2H3/t11-/m0/s1. The van der Waals surface area contributed by atoms with Gasteiger partial charge in [0.1, 0.15) is 0 Å². The molecule has 0 radical (unpaired) electrons. The van der Waals surface area contributed by atoms with Crippen molar-refractivity contribution in [2.45, 2.75) is 26.3 Å². The van der Waals surface area contributed by atoms with E-state index in [1.165, 1.54) is 17.3 Å². The molecular weight excluding hydrogens is 274 g/mol. The lowest BCUT2D eigenvalue weighted by molar-refractivity contribution is -0.139. The summed E-state index contributed by atoms with van der Waals surface area (Å²) in [6.07, 6.45) is 0.893. The Kier molecular flexibility index (Phi) is 5.06. The highest BCUT2D eigenvalue weighted by atomic mass is 32.2. The van der Waals surface area contributed by atoms with Gasteiger partial charge in [0, 0.05) is 11.7 Å². The SMILES string of the molecule is CCOC(=O)CSCC(=O)N1c2ccccc2C[C@@H]1C. The largest absolute Gasteiger partial charge is 0.465 e. The summed E-state index contributed by atoms with van der Waals surface area (Å²) in [6.45, 7) is 4.20. The van der Waals surface area contributed by atoms with Gasteiger partial charge in [0.2, 0.25) is 5.91 Å². The average Bonchev–Trinajstić information content (AvgIpc) is 2.74. The van der Waals surface area contributed by atoms with Gasteiger partial charge in [-0.25, -0.2) is 0 Å². The second-order valence-corrected chi connectivity index (χ2v) is 5.73. The van der Waals surface area contributed by atoms with Crippen molar-refractivity contribution in [2.24, 2.45) is 0 Å². The molecule has 1 amide bonds. The van der Waals surface area contributed by atoms with Crippen LogP contribution in [0.2, 0.25) is 0 Å². The molecule has 0 aliphatic carbocycles. The summed E-state index contributed by atoms with van der Waals surface area (Å²) in [5.41, 5.74) is 2.21. The molecule has 1 aromatic carbocycles. The Labute approximate surface area is 123 Å². The predicted molar refractivity (Wildman–Crippen MR) is 81.1 cm³/mol. The molecule has 0 aromatic heterocycles. The number of hydrogen-bond donors (Lipinski definition) is 0. The third-order valence-corrected chi connectivity index (χ3v) is 4.12. The number of anilines is 1. The maximum Gasteiger partial charge on any atom is 0.315 e. The molecule has 1 heterocycles. The number of carbonyl (C=O) groups excluding carboxylic acids is 2. The van der Waals surface area contributed by atoms with Gasteiger partial charge in [0.25, 0.3) is 0 Å². The number of esters is 1. The first-order chi connectivity index (χ1) is 9.63. The van der Waals surface area contributed by atoms with Crippen molar-refractivity contribution >= 4 is 29.3 Å². The van der Waals surface area contributed by atoms with Gasteiger partial charge in [-0.15, -0.1) is 11.8 Å². The van der Waals surface area contributed by atoms with Gasteiger partial charge in [0.15, 0.2) is 0 Å². The molecule has 0 N–H and O–H groups in total. The van der Waals surface area contributed by atoms with Crippen LogP contribution in [0.15, 0.2) is 24.3 Å². The van der Waals surface area contributed by atoms with Gasteiger partial charge in [-0.2, -0.15) is 0 Å². The minimum atomic E-state index is -0.264. The summed E-state index contributed by atoms with van der Waals surface area (Å²) >= 11 is 1.31. The first-order valence-electron chi connectivity index (χ1n) is 6.76. The third kappa shape index (κ3) is 3.33. The van der Waals surface area contributed by atoms with Gasteiger partial charge in [-0.05, 0) is 31.9 Å². The molecule has 1 aliphatic rings.